The molecule has 6 aliphatic carbocycles. The van der Waals surface area contributed by atoms with Crippen molar-refractivity contribution in [3.63, 3.8) is 0 Å². The molecule has 6 saturated carbocycles. The molecule has 0 bridgehead atoms. The number of ether oxygens (including phenoxy) is 1. The third-order valence-corrected chi connectivity index (χ3v) is 12.2. The lowest BCUT2D eigenvalue weighted by Gasteiger charge is -2.64. The quantitative estimate of drug-likeness (QED) is 0.611. The molecule has 1 spiro atoms. The van der Waals surface area contributed by atoms with E-state index in [4.69, 9.17) is 4.74 Å². The fourth-order valence-electron chi connectivity index (χ4n) is 11.1. The second-order valence-electron chi connectivity index (χ2n) is 12.7. The van der Waals surface area contributed by atoms with Crippen LogP contribution in [-0.4, -0.2) is 33.5 Å². The molecule has 7 rings (SSSR count). The van der Waals surface area contributed by atoms with E-state index in [2.05, 4.69) is 20.8 Å². The Morgan fingerprint density at radius 2 is 1.76 bits per heavy atom. The van der Waals surface area contributed by atoms with Gasteiger partial charge in [-0.2, -0.15) is 0 Å². The van der Waals surface area contributed by atoms with E-state index in [1.165, 1.54) is 6.42 Å². The zero-order chi connectivity index (χ0) is 20.1. The van der Waals surface area contributed by atoms with Crippen LogP contribution in [0.2, 0.25) is 0 Å². The Kier molecular flexibility index (Phi) is 3.04. The normalized spacial score (nSPS) is 69.0. The molecule has 0 aromatic carbocycles. The molecule has 13 atom stereocenters. The zero-order valence-electron chi connectivity index (χ0n) is 18.1. The molecule has 29 heavy (non-hydrogen) atoms. The average Bonchev–Trinajstić information content (AvgIpc) is 3.52. The molecule has 0 aromatic heterocycles. The molecule has 1 heterocycles. The van der Waals surface area contributed by atoms with Crippen molar-refractivity contribution in [2.24, 2.45) is 58.2 Å². The Morgan fingerprint density at radius 3 is 2.48 bits per heavy atom. The molecule has 7 fully saturated rings. The van der Waals surface area contributed by atoms with Crippen LogP contribution in [0.1, 0.15) is 72.1 Å². The Balaban J connectivity index is 1.33. The van der Waals surface area contributed by atoms with Gasteiger partial charge in [-0.25, -0.2) is 0 Å². The summed E-state index contributed by atoms with van der Waals surface area (Å²) in [5, 5.41) is 22.5. The minimum atomic E-state index is -0.692. The number of fused-ring (bicyclic) bond motifs is 12. The van der Waals surface area contributed by atoms with Crippen molar-refractivity contribution < 1.29 is 19.7 Å². The van der Waals surface area contributed by atoms with Crippen molar-refractivity contribution in [2.75, 3.05) is 0 Å². The molecule has 0 amide bonds. The predicted molar refractivity (Wildman–Crippen MR) is 107 cm³/mol. The Bertz CT molecular complexity index is 811. The topological polar surface area (TPSA) is 66.8 Å². The minimum absolute atomic E-state index is 0.0311. The highest BCUT2D eigenvalue weighted by atomic mass is 16.6. The zero-order valence-corrected chi connectivity index (χ0v) is 18.1. The lowest BCUT2D eigenvalue weighted by atomic mass is 9.42. The highest BCUT2D eigenvalue weighted by Gasteiger charge is 2.84. The number of aliphatic hydroxyl groups excluding tert-OH is 1. The molecule has 160 valence electrons. The summed E-state index contributed by atoms with van der Waals surface area (Å²) in [5.41, 5.74) is -0.824. The first-order valence-corrected chi connectivity index (χ1v) is 12.3. The molecule has 0 radical (unpaired) electrons. The third kappa shape index (κ3) is 1.72. The van der Waals surface area contributed by atoms with Crippen LogP contribution in [0, 0.1) is 58.2 Å². The van der Waals surface area contributed by atoms with E-state index in [9.17, 15) is 15.0 Å². The summed E-state index contributed by atoms with van der Waals surface area (Å²) in [6, 6.07) is 0. The van der Waals surface area contributed by atoms with Gasteiger partial charge in [0.15, 0.2) is 0 Å². The number of rotatable bonds is 0. The second-order valence-corrected chi connectivity index (χ2v) is 12.7. The summed E-state index contributed by atoms with van der Waals surface area (Å²) >= 11 is 0. The van der Waals surface area contributed by atoms with Crippen molar-refractivity contribution in [3.05, 3.63) is 0 Å². The molecule has 4 nitrogen and oxygen atoms in total. The summed E-state index contributed by atoms with van der Waals surface area (Å²) in [4.78, 5) is 12.2. The van der Waals surface area contributed by atoms with E-state index < -0.39 is 5.60 Å². The van der Waals surface area contributed by atoms with E-state index in [1.54, 1.807) is 0 Å². The summed E-state index contributed by atoms with van der Waals surface area (Å²) < 4.78 is 6.24. The highest BCUT2D eigenvalue weighted by Crippen LogP contribution is 2.83. The highest BCUT2D eigenvalue weighted by molar-refractivity contribution is 5.73. The number of esters is 1. The first kappa shape index (κ1) is 18.0. The van der Waals surface area contributed by atoms with Crippen molar-refractivity contribution in [1.82, 2.24) is 0 Å². The molecule has 6 unspecified atom stereocenters. The summed E-state index contributed by atoms with van der Waals surface area (Å²) in [5.74, 6) is 4.74. The largest absolute Gasteiger partial charge is 0.458 e. The van der Waals surface area contributed by atoms with Crippen molar-refractivity contribution in [3.8, 4) is 0 Å². The maximum absolute atomic E-state index is 12.2. The molecule has 7 aliphatic rings. The van der Waals surface area contributed by atoms with Gasteiger partial charge in [0.05, 0.1) is 11.7 Å². The van der Waals surface area contributed by atoms with Gasteiger partial charge in [0.25, 0.3) is 0 Å². The summed E-state index contributed by atoms with van der Waals surface area (Å²) in [6.45, 7) is 7.19. The van der Waals surface area contributed by atoms with Gasteiger partial charge in [0.1, 0.15) is 5.60 Å². The van der Waals surface area contributed by atoms with E-state index in [0.29, 0.717) is 54.3 Å². The standard InChI is InChI=1S/C25H36O4/c1-12-18-19-15(22(2)7-4-13(26)11-24(22,28)20(12)18)5-8-23(3)21(19)14-10-16(14)25(23)9-6-17(27)29-25/h12-16,18-21,26,28H,4-11H2,1-3H3/t12?,13-,14+,15?,16-,18?,19?,20?,21?,22+,23-,24+,25-/m0/s1. The molecule has 2 N–H and O–H groups in total. The smallest absolute Gasteiger partial charge is 0.306 e. The van der Waals surface area contributed by atoms with Crippen molar-refractivity contribution in [2.45, 2.75) is 89.4 Å². The number of carbonyl (C=O) groups is 1. The molecule has 1 aliphatic heterocycles. The Hall–Kier alpha value is -0.610. The molecule has 4 heteroatoms. The average molecular weight is 401 g/mol. The van der Waals surface area contributed by atoms with Gasteiger partial charge in [-0.1, -0.05) is 20.8 Å². The first-order valence-electron chi connectivity index (χ1n) is 12.3. The van der Waals surface area contributed by atoms with Gasteiger partial charge < -0.3 is 14.9 Å². The Morgan fingerprint density at radius 1 is 1.00 bits per heavy atom. The Labute approximate surface area is 173 Å². The fraction of sp³-hybridized carbons (Fsp3) is 0.960. The SMILES string of the molecule is CC1C2C3C4[C@@H]5C[C@@H]5[C@@]5(CCC(=O)O5)[C@@]4(C)CCC3[C@@]3(C)CC[C@H](O)C[C@@]3(O)C12. The van der Waals surface area contributed by atoms with Crippen LogP contribution in [0.25, 0.3) is 0 Å². The van der Waals surface area contributed by atoms with Crippen LogP contribution in [0.15, 0.2) is 0 Å². The fourth-order valence-corrected chi connectivity index (χ4v) is 11.1. The monoisotopic (exact) mass is 400 g/mol. The van der Waals surface area contributed by atoms with Crippen LogP contribution in [-0.2, 0) is 9.53 Å². The van der Waals surface area contributed by atoms with Crippen LogP contribution < -0.4 is 0 Å². The molecular formula is C25H36O4. The summed E-state index contributed by atoms with van der Waals surface area (Å²) in [7, 11) is 0. The van der Waals surface area contributed by atoms with E-state index >= 15 is 0 Å². The number of hydrogen-bond donors (Lipinski definition) is 2. The molecule has 1 saturated heterocycles. The van der Waals surface area contributed by atoms with Crippen molar-refractivity contribution >= 4 is 5.97 Å². The van der Waals surface area contributed by atoms with Crippen molar-refractivity contribution in [1.29, 1.82) is 0 Å². The van der Waals surface area contributed by atoms with E-state index in [1.807, 2.05) is 0 Å². The number of aliphatic hydroxyl groups is 2. The predicted octanol–water partition coefficient (Wildman–Crippen LogP) is 3.54. The number of hydrogen-bond acceptors (Lipinski definition) is 4. The lowest BCUT2D eigenvalue weighted by Crippen LogP contribution is -2.65. The van der Waals surface area contributed by atoms with Gasteiger partial charge >= 0.3 is 5.97 Å². The van der Waals surface area contributed by atoms with E-state index in [0.717, 1.165) is 38.0 Å². The summed E-state index contributed by atoms with van der Waals surface area (Å²) in [6.07, 6.45) is 7.12. The molecular weight excluding hydrogens is 364 g/mol. The third-order valence-electron chi connectivity index (χ3n) is 12.2. The first-order chi connectivity index (χ1) is 13.7. The van der Waals surface area contributed by atoms with Gasteiger partial charge in [-0.3, -0.25) is 4.79 Å². The van der Waals surface area contributed by atoms with Crippen LogP contribution in [0.3, 0.4) is 0 Å². The second kappa shape index (κ2) is 4.90. The van der Waals surface area contributed by atoms with Gasteiger partial charge in [0, 0.05) is 24.2 Å². The maximum Gasteiger partial charge on any atom is 0.306 e. The molecule has 0 aromatic rings. The lowest BCUT2D eigenvalue weighted by molar-refractivity contribution is -0.237. The van der Waals surface area contributed by atoms with E-state index in [-0.39, 0.29) is 28.5 Å². The van der Waals surface area contributed by atoms with Crippen LogP contribution in [0.5, 0.6) is 0 Å². The van der Waals surface area contributed by atoms with Crippen LogP contribution in [0.4, 0.5) is 0 Å². The van der Waals surface area contributed by atoms with Gasteiger partial charge in [0.2, 0.25) is 0 Å². The van der Waals surface area contributed by atoms with Crippen LogP contribution >= 0.6 is 0 Å². The van der Waals surface area contributed by atoms with Gasteiger partial charge in [-0.15, -0.1) is 0 Å². The maximum atomic E-state index is 12.2. The van der Waals surface area contributed by atoms with Gasteiger partial charge in [-0.05, 0) is 85.4 Å². The minimum Gasteiger partial charge on any atom is -0.458 e. The number of carbonyl (C=O) groups excluding carboxylic acids is 1.